The Kier molecular flexibility index (Phi) is 11.0. The summed E-state index contributed by atoms with van der Waals surface area (Å²) in [6.07, 6.45) is 9.54. The van der Waals surface area contributed by atoms with Gasteiger partial charge in [-0.3, -0.25) is 29.5 Å². The van der Waals surface area contributed by atoms with Crippen molar-refractivity contribution < 1.29 is 19.1 Å². The fraction of sp³-hybridized carbons (Fsp3) is 0.500. The predicted octanol–water partition coefficient (Wildman–Crippen LogP) is 5.18. The summed E-state index contributed by atoms with van der Waals surface area (Å²) in [6, 6.07) is 19.0. The van der Waals surface area contributed by atoms with Crippen LogP contribution in [-0.4, -0.2) is 120 Å². The van der Waals surface area contributed by atoms with E-state index in [-0.39, 0.29) is 29.7 Å². The number of anilines is 3. The number of benzene rings is 2. The van der Waals surface area contributed by atoms with E-state index in [1.54, 1.807) is 25.2 Å². The summed E-state index contributed by atoms with van der Waals surface area (Å²) >= 11 is 0. The first-order chi connectivity index (χ1) is 26.8. The van der Waals surface area contributed by atoms with E-state index < -0.39 is 0 Å². The highest BCUT2D eigenvalue weighted by atomic mass is 16.5. The van der Waals surface area contributed by atoms with Crippen LogP contribution in [-0.2, 0) is 9.59 Å². The summed E-state index contributed by atoms with van der Waals surface area (Å²) < 4.78 is 8.28. The number of piperidine rings is 2. The highest BCUT2D eigenvalue weighted by molar-refractivity contribution is 6.01. The van der Waals surface area contributed by atoms with Crippen LogP contribution in [0.4, 0.5) is 17.3 Å². The van der Waals surface area contributed by atoms with Gasteiger partial charge < -0.3 is 24.4 Å². The number of carbonyl (C=O) groups is 3. The Morgan fingerprint density at radius 2 is 1.67 bits per heavy atom. The number of carbonyl (C=O) groups excluding carboxylic acids is 3. The number of rotatable bonds is 11. The van der Waals surface area contributed by atoms with Crippen LogP contribution >= 0.6 is 0 Å². The minimum Gasteiger partial charge on any atom is -0.492 e. The number of nitrogens with zero attached hydrogens (tertiary/aromatic N) is 7. The molecule has 13 heteroatoms. The molecule has 13 nitrogen and oxygen atoms in total. The molecule has 55 heavy (non-hydrogen) atoms. The van der Waals surface area contributed by atoms with Gasteiger partial charge in [0, 0.05) is 88.3 Å². The van der Waals surface area contributed by atoms with E-state index in [2.05, 4.69) is 47.0 Å². The van der Waals surface area contributed by atoms with Crippen molar-refractivity contribution in [3.63, 3.8) is 0 Å². The maximum Gasteiger partial charge on any atom is 0.270 e. The molecule has 0 radical (unpaired) electrons. The van der Waals surface area contributed by atoms with Crippen LogP contribution in [0.3, 0.4) is 0 Å². The van der Waals surface area contributed by atoms with Crippen LogP contribution < -0.4 is 20.3 Å². The lowest BCUT2D eigenvalue weighted by Gasteiger charge is -2.43. The summed E-state index contributed by atoms with van der Waals surface area (Å²) in [5.41, 5.74) is 4.50. The third-order valence-corrected chi connectivity index (χ3v) is 11.9. The van der Waals surface area contributed by atoms with E-state index in [4.69, 9.17) is 9.72 Å². The maximum absolute atomic E-state index is 13.0. The van der Waals surface area contributed by atoms with E-state index in [9.17, 15) is 14.4 Å². The molecule has 2 aromatic heterocycles. The first-order valence-electron chi connectivity index (χ1n) is 20.0. The smallest absolute Gasteiger partial charge is 0.270 e. The molecule has 1 aliphatic carbocycles. The summed E-state index contributed by atoms with van der Waals surface area (Å²) in [5, 5.41) is 6.71. The van der Waals surface area contributed by atoms with Gasteiger partial charge in [0.2, 0.25) is 17.8 Å². The van der Waals surface area contributed by atoms with Gasteiger partial charge in [-0.25, -0.2) is 4.98 Å². The number of ether oxygens (including phenoxy) is 1. The normalized spacial score (nSPS) is 20.5. The standard InChI is InChI=1S/C42H53N9O4/c1-47(2)41(54)37-27-30-28-43-42(46-39(30)51(37)33-7-3-4-8-33)44-31-10-12-35(13-11-31)55-25-24-48-18-16-32(17-19-48)49-20-22-50(23-21-49)34-9-5-6-29(26-34)36-14-15-38(52)45-40(36)53/h5-6,9-13,26-28,32-33,36H,3-4,7-8,14-25H2,1-2H3,(H,43,44,46)(H,45,52,53). The number of likely N-dealkylation sites (tertiary alicyclic amines) is 1. The van der Waals surface area contributed by atoms with Crippen LogP contribution in [0.5, 0.6) is 5.75 Å². The van der Waals surface area contributed by atoms with Crippen molar-refractivity contribution in [2.75, 3.05) is 76.7 Å². The number of piperazine rings is 1. The van der Waals surface area contributed by atoms with Crippen molar-refractivity contribution >= 4 is 46.1 Å². The number of imide groups is 1. The zero-order chi connectivity index (χ0) is 37.9. The van der Waals surface area contributed by atoms with Crippen molar-refractivity contribution in [1.29, 1.82) is 0 Å². The van der Waals surface area contributed by atoms with Gasteiger partial charge in [-0.05, 0) is 93.2 Å². The number of nitrogens with one attached hydrogen (secondary N) is 2. The van der Waals surface area contributed by atoms with Crippen molar-refractivity contribution in [1.82, 2.24) is 34.6 Å². The third kappa shape index (κ3) is 8.33. The number of aromatic nitrogens is 3. The van der Waals surface area contributed by atoms with Crippen LogP contribution in [0.25, 0.3) is 11.0 Å². The molecule has 4 aliphatic rings. The third-order valence-electron chi connectivity index (χ3n) is 11.9. The zero-order valence-electron chi connectivity index (χ0n) is 32.1. The number of hydrogen-bond acceptors (Lipinski definition) is 10. The van der Waals surface area contributed by atoms with E-state index in [1.165, 1.54) is 0 Å². The molecular formula is C42H53N9O4. The number of fused-ring (bicyclic) bond motifs is 1. The second-order valence-electron chi connectivity index (χ2n) is 15.7. The lowest BCUT2D eigenvalue weighted by Crippen LogP contribution is -2.53. The Bertz CT molecular complexity index is 1990. The summed E-state index contributed by atoms with van der Waals surface area (Å²) in [6.45, 7) is 7.70. The Labute approximate surface area is 323 Å². The molecular weight excluding hydrogens is 695 g/mol. The van der Waals surface area contributed by atoms with Crippen LogP contribution in [0.15, 0.2) is 60.8 Å². The fourth-order valence-corrected chi connectivity index (χ4v) is 8.85. The lowest BCUT2D eigenvalue weighted by molar-refractivity contribution is -0.134. The van der Waals surface area contributed by atoms with Crippen molar-refractivity contribution in [2.45, 2.75) is 69.4 Å². The number of amides is 3. The molecule has 5 heterocycles. The minimum absolute atomic E-state index is 0.0143. The molecule has 290 valence electrons. The molecule has 8 rings (SSSR count). The molecule has 3 saturated heterocycles. The molecule has 1 atom stereocenters. The molecule has 4 fully saturated rings. The van der Waals surface area contributed by atoms with Gasteiger partial charge in [-0.15, -0.1) is 0 Å². The Hall–Kier alpha value is -5.01. The Morgan fingerprint density at radius 1 is 0.909 bits per heavy atom. The van der Waals surface area contributed by atoms with Crippen molar-refractivity contribution in [3.05, 3.63) is 72.1 Å². The second kappa shape index (κ2) is 16.4. The Morgan fingerprint density at radius 3 is 2.40 bits per heavy atom. The molecule has 1 unspecified atom stereocenters. The van der Waals surface area contributed by atoms with Gasteiger partial charge >= 0.3 is 0 Å². The average Bonchev–Trinajstić information content (AvgIpc) is 3.87. The van der Waals surface area contributed by atoms with E-state index in [1.807, 2.05) is 42.5 Å². The first-order valence-corrected chi connectivity index (χ1v) is 20.0. The summed E-state index contributed by atoms with van der Waals surface area (Å²) in [7, 11) is 3.57. The van der Waals surface area contributed by atoms with Gasteiger partial charge in [0.15, 0.2) is 0 Å². The fourth-order valence-electron chi connectivity index (χ4n) is 8.85. The SMILES string of the molecule is CN(C)C(=O)c1cc2cnc(Nc3ccc(OCCN4CCC(N5CCN(c6cccc(C7CCC(=O)NC7=O)c6)CC5)CC4)cc3)nc2n1C1CCCC1. The first kappa shape index (κ1) is 36.9. The molecule has 2 N–H and O–H groups in total. The molecule has 1 saturated carbocycles. The summed E-state index contributed by atoms with van der Waals surface area (Å²) in [5.74, 6) is 0.717. The van der Waals surface area contributed by atoms with E-state index in [0.717, 1.165) is 118 Å². The molecule has 3 amide bonds. The van der Waals surface area contributed by atoms with Gasteiger partial charge in [0.1, 0.15) is 23.7 Å². The van der Waals surface area contributed by atoms with Gasteiger partial charge in [0.25, 0.3) is 5.91 Å². The average molecular weight is 748 g/mol. The topological polar surface area (TPSA) is 128 Å². The quantitative estimate of drug-likeness (QED) is 0.198. The largest absolute Gasteiger partial charge is 0.492 e. The van der Waals surface area contributed by atoms with Gasteiger partial charge in [-0.2, -0.15) is 4.98 Å². The van der Waals surface area contributed by atoms with E-state index >= 15 is 0 Å². The van der Waals surface area contributed by atoms with E-state index in [0.29, 0.717) is 37.1 Å². The Balaban J connectivity index is 0.777. The van der Waals surface area contributed by atoms with Crippen LogP contribution in [0.2, 0.25) is 0 Å². The lowest BCUT2D eigenvalue weighted by atomic mass is 9.90. The van der Waals surface area contributed by atoms with Gasteiger partial charge in [-0.1, -0.05) is 25.0 Å². The van der Waals surface area contributed by atoms with Crippen LogP contribution in [0.1, 0.15) is 79.4 Å². The summed E-state index contributed by atoms with van der Waals surface area (Å²) in [4.78, 5) is 55.8. The zero-order valence-corrected chi connectivity index (χ0v) is 32.1. The molecule has 0 bridgehead atoms. The minimum atomic E-state index is -0.251. The molecule has 3 aliphatic heterocycles. The molecule has 0 spiro atoms. The van der Waals surface area contributed by atoms with Crippen molar-refractivity contribution in [3.8, 4) is 5.75 Å². The predicted molar refractivity (Wildman–Crippen MR) is 213 cm³/mol. The highest BCUT2D eigenvalue weighted by Crippen LogP contribution is 2.35. The number of hydrogen-bond donors (Lipinski definition) is 2. The second-order valence-corrected chi connectivity index (χ2v) is 15.7. The van der Waals surface area contributed by atoms with Crippen molar-refractivity contribution in [2.24, 2.45) is 0 Å². The van der Waals surface area contributed by atoms with Crippen LogP contribution in [0, 0.1) is 0 Å². The monoisotopic (exact) mass is 747 g/mol. The maximum atomic E-state index is 13.0. The molecule has 2 aromatic carbocycles. The van der Waals surface area contributed by atoms with Gasteiger partial charge in [0.05, 0.1) is 5.92 Å². The highest BCUT2D eigenvalue weighted by Gasteiger charge is 2.31. The molecule has 4 aromatic rings.